The fourth-order valence-corrected chi connectivity index (χ4v) is 3.75. The van der Waals surface area contributed by atoms with Crippen molar-refractivity contribution in [2.75, 3.05) is 18.1 Å². The van der Waals surface area contributed by atoms with Crippen LogP contribution in [0.3, 0.4) is 0 Å². The third kappa shape index (κ3) is 3.35. The minimum Gasteiger partial charge on any atom is -0.368 e. The maximum absolute atomic E-state index is 11.9. The number of benzene rings is 1. The zero-order valence-corrected chi connectivity index (χ0v) is 17.0. The first kappa shape index (κ1) is 18.7. The van der Waals surface area contributed by atoms with Crippen molar-refractivity contribution in [2.45, 2.75) is 6.04 Å². The summed E-state index contributed by atoms with van der Waals surface area (Å²) in [5.74, 6) is 0.791. The lowest BCUT2D eigenvalue weighted by Crippen LogP contribution is -2.25. The maximum Gasteiger partial charge on any atom is 0.219 e. The van der Waals surface area contributed by atoms with Crippen molar-refractivity contribution in [3.8, 4) is 11.3 Å². The number of fused-ring (bicyclic) bond motifs is 2. The van der Waals surface area contributed by atoms with E-state index in [2.05, 4.69) is 20.4 Å². The van der Waals surface area contributed by atoms with Crippen molar-refractivity contribution in [1.82, 2.24) is 29.6 Å². The lowest BCUT2D eigenvalue weighted by Gasteiger charge is -2.29. The third-order valence-electron chi connectivity index (χ3n) is 5.30. The second kappa shape index (κ2) is 7.21. The highest BCUT2D eigenvalue weighted by atomic mass is 16.1. The number of carbonyl (C=O) groups excluding carboxylic acids is 1. The molecule has 5 rings (SSSR count). The number of nitrogens with two attached hydrogens (primary N) is 1. The zero-order chi connectivity index (χ0) is 21.5. The number of nitrogens with one attached hydrogen (secondary N) is 1. The highest BCUT2D eigenvalue weighted by Crippen LogP contribution is 2.37. The molecule has 1 aliphatic heterocycles. The van der Waals surface area contributed by atoms with Gasteiger partial charge in [-0.1, -0.05) is 0 Å². The van der Waals surface area contributed by atoms with Crippen molar-refractivity contribution in [2.24, 2.45) is 7.05 Å². The number of likely N-dealkylation sites (N-methyl/N-ethyl adjacent to an activating group) is 1. The molecule has 9 nitrogen and oxygen atoms in total. The second-order valence-electron chi connectivity index (χ2n) is 7.45. The predicted octanol–water partition coefficient (Wildman–Crippen LogP) is 2.91. The molecule has 3 aromatic heterocycles. The average Bonchev–Trinajstić information content (AvgIpc) is 3.13. The first-order chi connectivity index (χ1) is 15.0. The zero-order valence-electron chi connectivity index (χ0n) is 17.0. The number of hydrogen-bond donors (Lipinski definition) is 2. The van der Waals surface area contributed by atoms with Crippen LogP contribution in [0.2, 0.25) is 0 Å². The lowest BCUT2D eigenvalue weighted by molar-refractivity contribution is -0.111. The van der Waals surface area contributed by atoms with E-state index in [1.165, 1.54) is 0 Å². The number of aromatic nitrogens is 5. The van der Waals surface area contributed by atoms with Gasteiger partial charge in [-0.25, -0.2) is 15.0 Å². The molecule has 0 amide bonds. The van der Waals surface area contributed by atoms with Gasteiger partial charge >= 0.3 is 0 Å². The van der Waals surface area contributed by atoms with Gasteiger partial charge in [-0.3, -0.25) is 4.68 Å². The molecule has 0 saturated carbocycles. The Bertz CT molecular complexity index is 1330. The molecule has 0 saturated heterocycles. The number of pyridine rings is 1. The van der Waals surface area contributed by atoms with Crippen molar-refractivity contribution in [3.05, 3.63) is 60.2 Å². The van der Waals surface area contributed by atoms with Gasteiger partial charge in [0.25, 0.3) is 0 Å². The van der Waals surface area contributed by atoms with Gasteiger partial charge < -0.3 is 20.7 Å². The van der Waals surface area contributed by atoms with Crippen LogP contribution in [-0.2, 0) is 11.8 Å². The highest BCUT2D eigenvalue weighted by Gasteiger charge is 2.26. The molecule has 154 valence electrons. The minimum absolute atomic E-state index is 0.200. The fraction of sp³-hybridized carbons (Fsp3) is 0.136. The van der Waals surface area contributed by atoms with E-state index in [0.717, 1.165) is 39.6 Å². The molecule has 0 bridgehead atoms. The molecule has 9 heteroatoms. The van der Waals surface area contributed by atoms with E-state index in [1.54, 1.807) is 17.1 Å². The fourth-order valence-electron chi connectivity index (χ4n) is 3.75. The summed E-state index contributed by atoms with van der Waals surface area (Å²) >= 11 is 0. The molecule has 4 aromatic rings. The number of hydrogen-bond acceptors (Lipinski definition) is 8. The summed E-state index contributed by atoms with van der Waals surface area (Å²) in [7, 11) is 3.75. The summed E-state index contributed by atoms with van der Waals surface area (Å²) in [5, 5.41) is 8.91. The maximum atomic E-state index is 11.9. The van der Waals surface area contributed by atoms with Gasteiger partial charge in [-0.15, -0.1) is 0 Å². The summed E-state index contributed by atoms with van der Waals surface area (Å²) in [6.07, 6.45) is 10.00. The molecule has 0 spiro atoms. The van der Waals surface area contributed by atoms with Crippen molar-refractivity contribution >= 4 is 40.7 Å². The van der Waals surface area contributed by atoms with Crippen molar-refractivity contribution in [3.63, 3.8) is 0 Å². The highest BCUT2D eigenvalue weighted by molar-refractivity contribution is 5.84. The Balaban J connectivity index is 1.65. The number of rotatable bonds is 4. The average molecular weight is 412 g/mol. The van der Waals surface area contributed by atoms with Crippen LogP contribution in [0.5, 0.6) is 0 Å². The smallest absolute Gasteiger partial charge is 0.219 e. The van der Waals surface area contributed by atoms with Crippen molar-refractivity contribution < 1.29 is 4.79 Å². The Morgan fingerprint density at radius 1 is 1.16 bits per heavy atom. The molecule has 4 heterocycles. The first-order valence-electron chi connectivity index (χ1n) is 9.70. The summed E-state index contributed by atoms with van der Waals surface area (Å²) < 4.78 is 1.78. The molecule has 3 N–H and O–H groups in total. The summed E-state index contributed by atoms with van der Waals surface area (Å²) in [5.41, 5.74) is 10.4. The van der Waals surface area contributed by atoms with Crippen LogP contribution in [0, 0.1) is 0 Å². The van der Waals surface area contributed by atoms with Crippen LogP contribution >= 0.6 is 0 Å². The van der Waals surface area contributed by atoms with Crippen LogP contribution in [0.15, 0.2) is 49.1 Å². The molecular weight excluding hydrogens is 392 g/mol. The van der Waals surface area contributed by atoms with Crippen LogP contribution in [-0.4, -0.2) is 43.0 Å². The summed E-state index contributed by atoms with van der Waals surface area (Å²) in [6, 6.07) is 7.40. The molecule has 1 unspecified atom stereocenters. The number of nitrogen functional groups attached to an aromatic ring is 1. The molecule has 0 aliphatic carbocycles. The summed E-state index contributed by atoms with van der Waals surface area (Å²) in [4.78, 5) is 26.8. The van der Waals surface area contributed by atoms with Crippen LogP contribution in [0.1, 0.15) is 17.2 Å². The van der Waals surface area contributed by atoms with Gasteiger partial charge in [0, 0.05) is 61.1 Å². The Kier molecular flexibility index (Phi) is 4.36. The van der Waals surface area contributed by atoms with Gasteiger partial charge in [-0.05, 0) is 35.9 Å². The Morgan fingerprint density at radius 3 is 2.74 bits per heavy atom. The van der Waals surface area contributed by atoms with Gasteiger partial charge in [0.15, 0.2) is 0 Å². The molecular formula is C22H20N8O. The molecule has 31 heavy (non-hydrogen) atoms. The normalized spacial score (nSPS) is 15.2. The van der Waals surface area contributed by atoms with E-state index in [1.807, 2.05) is 61.7 Å². The predicted molar refractivity (Wildman–Crippen MR) is 119 cm³/mol. The van der Waals surface area contributed by atoms with Gasteiger partial charge in [0.05, 0.1) is 11.2 Å². The Hall–Kier alpha value is -4.27. The topological polar surface area (TPSA) is 115 Å². The standard InChI is InChI=1S/C22H20N8O/c1-29-6-5-13-7-17(15-9-24-22(23)25-10-15)27-21(20(13)19(29)12-31)26-16-4-3-14-11-30(2)28-18(14)8-16/h3-12,19H,1-2H3,(H,26,27)(H2,23,24,25). The van der Waals surface area contributed by atoms with E-state index in [4.69, 9.17) is 10.7 Å². The second-order valence-corrected chi connectivity index (χ2v) is 7.45. The van der Waals surface area contributed by atoms with E-state index in [-0.39, 0.29) is 5.95 Å². The first-order valence-corrected chi connectivity index (χ1v) is 9.70. The van der Waals surface area contributed by atoms with Gasteiger partial charge in [0.2, 0.25) is 5.95 Å². The van der Waals surface area contributed by atoms with Crippen LogP contribution in [0.25, 0.3) is 28.2 Å². The monoisotopic (exact) mass is 412 g/mol. The van der Waals surface area contributed by atoms with E-state index >= 15 is 0 Å². The van der Waals surface area contributed by atoms with Crippen LogP contribution < -0.4 is 11.1 Å². The third-order valence-corrected chi connectivity index (χ3v) is 5.30. The number of aldehydes is 1. The number of aryl methyl sites for hydroxylation is 1. The van der Waals surface area contributed by atoms with Crippen molar-refractivity contribution in [1.29, 1.82) is 0 Å². The number of nitrogens with zero attached hydrogens (tertiary/aromatic N) is 6. The van der Waals surface area contributed by atoms with Gasteiger partial charge in [-0.2, -0.15) is 5.10 Å². The Labute approximate surface area is 178 Å². The van der Waals surface area contributed by atoms with Crippen LogP contribution in [0.4, 0.5) is 17.5 Å². The molecule has 1 aliphatic rings. The molecule has 0 radical (unpaired) electrons. The quantitative estimate of drug-likeness (QED) is 0.492. The largest absolute Gasteiger partial charge is 0.368 e. The summed E-state index contributed by atoms with van der Waals surface area (Å²) in [6.45, 7) is 0. The lowest BCUT2D eigenvalue weighted by atomic mass is 9.96. The van der Waals surface area contributed by atoms with E-state index < -0.39 is 6.04 Å². The molecule has 0 fully saturated rings. The SMILES string of the molecule is CN1C=Cc2cc(-c3cnc(N)nc3)nc(Nc3ccc4cn(C)nc4c3)c2C1C=O. The molecule has 1 aromatic carbocycles. The van der Waals surface area contributed by atoms with E-state index in [0.29, 0.717) is 11.5 Å². The van der Waals surface area contributed by atoms with E-state index in [9.17, 15) is 4.79 Å². The van der Waals surface area contributed by atoms with Gasteiger partial charge in [0.1, 0.15) is 18.1 Å². The molecule has 1 atom stereocenters. The number of carbonyl (C=O) groups is 1. The minimum atomic E-state index is -0.453. The number of anilines is 3. The Morgan fingerprint density at radius 2 is 1.97 bits per heavy atom.